The number of halogens is 1. The molecule has 2 heterocycles. The molecule has 1 aliphatic rings. The Labute approximate surface area is 162 Å². The van der Waals surface area contributed by atoms with Gasteiger partial charge in [0.25, 0.3) is 0 Å². The van der Waals surface area contributed by atoms with Crippen molar-refractivity contribution in [1.29, 1.82) is 0 Å². The minimum absolute atomic E-state index is 0.100. The van der Waals surface area contributed by atoms with Crippen LogP contribution in [-0.4, -0.2) is 17.2 Å². The molecule has 138 valence electrons. The second-order valence-corrected chi connectivity index (χ2v) is 7.99. The lowest BCUT2D eigenvalue weighted by Gasteiger charge is -2.27. The number of nitrogen functional groups attached to an aromatic ring is 1. The van der Waals surface area contributed by atoms with E-state index in [2.05, 4.69) is 29.2 Å². The predicted molar refractivity (Wildman–Crippen MR) is 108 cm³/mol. The van der Waals surface area contributed by atoms with E-state index in [-0.39, 0.29) is 5.78 Å². The number of anilines is 1. The maximum Gasteiger partial charge on any atom is 0.196 e. The molecule has 0 fully saturated rings. The van der Waals surface area contributed by atoms with Gasteiger partial charge in [-0.2, -0.15) is 0 Å². The Morgan fingerprint density at radius 2 is 1.89 bits per heavy atom. The zero-order valence-electron chi connectivity index (χ0n) is 15.0. The van der Waals surface area contributed by atoms with E-state index in [1.165, 1.54) is 21.8 Å². The van der Waals surface area contributed by atoms with Crippen molar-refractivity contribution in [1.82, 2.24) is 4.90 Å². The number of carbonyl (C=O) groups excluding carboxylic acids is 1. The summed E-state index contributed by atoms with van der Waals surface area (Å²) < 4.78 is 12.9. The van der Waals surface area contributed by atoms with Gasteiger partial charge in [0.05, 0.1) is 10.6 Å². The Morgan fingerprint density at radius 1 is 1.11 bits per heavy atom. The van der Waals surface area contributed by atoms with E-state index >= 15 is 0 Å². The lowest BCUT2D eigenvalue weighted by molar-refractivity contribution is 0.103. The first kappa shape index (κ1) is 17.9. The number of hydrogen-bond donors (Lipinski definition) is 1. The highest BCUT2D eigenvalue weighted by atomic mass is 32.1. The number of hydrogen-bond acceptors (Lipinski definition) is 4. The van der Waals surface area contributed by atoms with Gasteiger partial charge in [-0.25, -0.2) is 4.39 Å². The monoisotopic (exact) mass is 380 g/mol. The molecule has 3 aromatic rings. The molecule has 0 amide bonds. The molecule has 4 rings (SSSR count). The van der Waals surface area contributed by atoms with Gasteiger partial charge in [0.15, 0.2) is 5.78 Å². The highest BCUT2D eigenvalue weighted by Gasteiger charge is 2.27. The molecule has 0 saturated carbocycles. The van der Waals surface area contributed by atoms with E-state index < -0.39 is 6.67 Å². The SMILES string of the molecule is Nc1sc2c(c1C(=O)c1cccc(CF)c1)CCN(Cc1ccccc1)C2. The smallest absolute Gasteiger partial charge is 0.196 e. The Balaban J connectivity index is 1.58. The van der Waals surface area contributed by atoms with Crippen LogP contribution in [0.1, 0.15) is 37.5 Å². The van der Waals surface area contributed by atoms with Gasteiger partial charge < -0.3 is 5.73 Å². The third-order valence-corrected chi connectivity index (χ3v) is 6.03. The molecule has 1 aliphatic heterocycles. The van der Waals surface area contributed by atoms with Crippen molar-refractivity contribution < 1.29 is 9.18 Å². The molecule has 2 aromatic carbocycles. The maximum atomic E-state index is 13.0. The van der Waals surface area contributed by atoms with Gasteiger partial charge in [-0.1, -0.05) is 48.5 Å². The van der Waals surface area contributed by atoms with Gasteiger partial charge in [0.2, 0.25) is 0 Å². The fraction of sp³-hybridized carbons (Fsp3) is 0.227. The van der Waals surface area contributed by atoms with Gasteiger partial charge in [-0.3, -0.25) is 9.69 Å². The summed E-state index contributed by atoms with van der Waals surface area (Å²) in [5, 5.41) is 0.567. The molecule has 5 heteroatoms. The van der Waals surface area contributed by atoms with Crippen molar-refractivity contribution in [3.05, 3.63) is 87.3 Å². The summed E-state index contributed by atoms with van der Waals surface area (Å²) in [6.45, 7) is 2.01. The van der Waals surface area contributed by atoms with Crippen LogP contribution >= 0.6 is 11.3 Å². The Hall–Kier alpha value is -2.50. The van der Waals surface area contributed by atoms with Gasteiger partial charge in [-0.05, 0) is 29.2 Å². The summed E-state index contributed by atoms with van der Waals surface area (Å²) in [4.78, 5) is 16.6. The van der Waals surface area contributed by atoms with E-state index in [0.29, 0.717) is 21.7 Å². The fourth-order valence-corrected chi connectivity index (χ4v) is 4.80. The number of alkyl halides is 1. The molecular formula is C22H21FN2OS. The summed E-state index contributed by atoms with van der Waals surface area (Å²) in [5.41, 5.74) is 10.2. The lowest BCUT2D eigenvalue weighted by Crippen LogP contribution is -2.29. The molecule has 0 unspecified atom stereocenters. The minimum Gasteiger partial charge on any atom is -0.390 e. The van der Waals surface area contributed by atoms with Crippen LogP contribution in [0.25, 0.3) is 0 Å². The van der Waals surface area contributed by atoms with Crippen LogP contribution in [0.4, 0.5) is 9.39 Å². The molecule has 0 saturated heterocycles. The molecule has 0 aliphatic carbocycles. The van der Waals surface area contributed by atoms with Gasteiger partial charge >= 0.3 is 0 Å². The molecule has 27 heavy (non-hydrogen) atoms. The highest BCUT2D eigenvalue weighted by molar-refractivity contribution is 7.16. The van der Waals surface area contributed by atoms with E-state index in [1.54, 1.807) is 24.3 Å². The number of nitrogens with zero attached hydrogens (tertiary/aromatic N) is 1. The standard InChI is InChI=1S/C22H21FN2OS/c23-12-16-7-4-8-17(11-16)21(26)20-18-9-10-25(14-19(18)27-22(20)24)13-15-5-2-1-3-6-15/h1-8,11H,9-10,12-14,24H2. The van der Waals surface area contributed by atoms with E-state index in [4.69, 9.17) is 5.73 Å². The zero-order chi connectivity index (χ0) is 18.8. The maximum absolute atomic E-state index is 13.0. The largest absolute Gasteiger partial charge is 0.390 e. The summed E-state index contributed by atoms with van der Waals surface area (Å²) >= 11 is 1.51. The van der Waals surface area contributed by atoms with Crippen LogP contribution in [0.5, 0.6) is 0 Å². The molecule has 0 atom stereocenters. The van der Waals surface area contributed by atoms with Crippen LogP contribution < -0.4 is 5.73 Å². The highest BCUT2D eigenvalue weighted by Crippen LogP contribution is 2.37. The van der Waals surface area contributed by atoms with Crippen LogP contribution in [-0.2, 0) is 26.2 Å². The first-order valence-corrected chi connectivity index (χ1v) is 9.83. The van der Waals surface area contributed by atoms with Crippen molar-refractivity contribution in [2.24, 2.45) is 0 Å². The summed E-state index contributed by atoms with van der Waals surface area (Å²) in [6.07, 6.45) is 0.805. The Bertz CT molecular complexity index is 968. The van der Waals surface area contributed by atoms with Gasteiger partial charge in [0.1, 0.15) is 6.67 Å². The van der Waals surface area contributed by atoms with Crippen LogP contribution in [0.15, 0.2) is 54.6 Å². The number of ketones is 1. The number of benzene rings is 2. The van der Waals surface area contributed by atoms with Gasteiger partial charge in [0, 0.05) is 30.1 Å². The number of nitrogens with two attached hydrogens (primary N) is 1. The quantitative estimate of drug-likeness (QED) is 0.659. The Kier molecular flexibility index (Phi) is 5.05. The normalized spacial score (nSPS) is 14.1. The van der Waals surface area contributed by atoms with Crippen molar-refractivity contribution in [2.75, 3.05) is 12.3 Å². The summed E-state index contributed by atoms with van der Waals surface area (Å²) in [7, 11) is 0. The van der Waals surface area contributed by atoms with E-state index in [0.717, 1.165) is 31.6 Å². The van der Waals surface area contributed by atoms with Crippen molar-refractivity contribution in [3.63, 3.8) is 0 Å². The van der Waals surface area contributed by atoms with Crippen LogP contribution in [0.3, 0.4) is 0 Å². The molecule has 0 spiro atoms. The van der Waals surface area contributed by atoms with E-state index in [1.807, 2.05) is 6.07 Å². The summed E-state index contributed by atoms with van der Waals surface area (Å²) in [5.74, 6) is -0.100. The molecule has 0 radical (unpaired) electrons. The summed E-state index contributed by atoms with van der Waals surface area (Å²) in [6, 6.07) is 17.1. The lowest BCUT2D eigenvalue weighted by atomic mass is 9.95. The predicted octanol–water partition coefficient (Wildman–Crippen LogP) is 4.59. The zero-order valence-corrected chi connectivity index (χ0v) is 15.8. The van der Waals surface area contributed by atoms with Crippen molar-refractivity contribution in [3.8, 4) is 0 Å². The molecular weight excluding hydrogens is 359 g/mol. The first-order valence-electron chi connectivity index (χ1n) is 9.01. The first-order chi connectivity index (χ1) is 13.2. The number of thiophene rings is 1. The third-order valence-electron chi connectivity index (χ3n) is 4.98. The minimum atomic E-state index is -0.577. The molecule has 3 nitrogen and oxygen atoms in total. The van der Waals surface area contributed by atoms with Gasteiger partial charge in [-0.15, -0.1) is 11.3 Å². The number of carbonyl (C=O) groups is 1. The number of rotatable bonds is 5. The molecule has 0 bridgehead atoms. The molecule has 2 N–H and O–H groups in total. The molecule has 1 aromatic heterocycles. The second kappa shape index (κ2) is 7.62. The average Bonchev–Trinajstić information content (AvgIpc) is 3.03. The fourth-order valence-electron chi connectivity index (χ4n) is 3.64. The Morgan fingerprint density at radius 3 is 2.67 bits per heavy atom. The number of fused-ring (bicyclic) bond motifs is 1. The van der Waals surface area contributed by atoms with Crippen LogP contribution in [0.2, 0.25) is 0 Å². The second-order valence-electron chi connectivity index (χ2n) is 6.85. The van der Waals surface area contributed by atoms with E-state index in [9.17, 15) is 9.18 Å². The third kappa shape index (κ3) is 3.66. The van der Waals surface area contributed by atoms with Crippen LogP contribution in [0, 0.1) is 0 Å². The topological polar surface area (TPSA) is 46.3 Å². The van der Waals surface area contributed by atoms with Crippen molar-refractivity contribution >= 4 is 22.1 Å². The van der Waals surface area contributed by atoms with Crippen molar-refractivity contribution in [2.45, 2.75) is 26.2 Å². The average molecular weight is 380 g/mol.